The predicted molar refractivity (Wildman–Crippen MR) is 92.6 cm³/mol. The molecule has 1 atom stereocenters. The molecule has 0 fully saturated rings. The Morgan fingerprint density at radius 3 is 2.46 bits per heavy atom. The van der Waals surface area contributed by atoms with Gasteiger partial charge in [0.1, 0.15) is 5.82 Å². The molecular formula is C21H18FNO. The average molecular weight is 319 g/mol. The Balaban J connectivity index is 1.82. The van der Waals surface area contributed by atoms with Gasteiger partial charge >= 0.3 is 0 Å². The third-order valence-corrected chi connectivity index (χ3v) is 4.70. The Hall–Kier alpha value is -2.68. The monoisotopic (exact) mass is 319 g/mol. The summed E-state index contributed by atoms with van der Waals surface area (Å²) in [6, 6.07) is 16.6. The standard InChI is InChI=1S/C21H18FNO/c22-16-11-9-14(10-12-16)17-13-19(15-5-2-1-3-6-15)23-18-7-4-8-20(24)21(17)18/h1-3,5-6,9-13,17,23H,4,7-8H2. The van der Waals surface area contributed by atoms with E-state index in [1.165, 1.54) is 12.1 Å². The summed E-state index contributed by atoms with van der Waals surface area (Å²) in [6.07, 6.45) is 4.43. The molecule has 1 aliphatic heterocycles. The lowest BCUT2D eigenvalue weighted by Crippen LogP contribution is -2.28. The van der Waals surface area contributed by atoms with Crippen molar-refractivity contribution in [3.63, 3.8) is 0 Å². The zero-order chi connectivity index (χ0) is 16.5. The SMILES string of the molecule is O=C1CCCC2=C1C(c1ccc(F)cc1)C=C(c1ccccc1)N2. The Morgan fingerprint density at radius 1 is 0.958 bits per heavy atom. The number of allylic oxidation sites excluding steroid dienone is 3. The number of carbonyl (C=O) groups excluding carboxylic acids is 1. The van der Waals surface area contributed by atoms with Crippen molar-refractivity contribution in [3.8, 4) is 0 Å². The molecule has 0 saturated heterocycles. The first-order valence-electron chi connectivity index (χ1n) is 8.28. The van der Waals surface area contributed by atoms with Gasteiger partial charge in [0.15, 0.2) is 5.78 Å². The molecule has 0 aromatic heterocycles. The molecule has 2 aromatic carbocycles. The molecule has 1 N–H and O–H groups in total. The van der Waals surface area contributed by atoms with Gasteiger partial charge in [0.25, 0.3) is 0 Å². The first-order valence-corrected chi connectivity index (χ1v) is 8.28. The molecule has 0 spiro atoms. The van der Waals surface area contributed by atoms with Crippen LogP contribution < -0.4 is 5.32 Å². The second-order valence-corrected chi connectivity index (χ2v) is 6.27. The van der Waals surface area contributed by atoms with E-state index in [2.05, 4.69) is 23.5 Å². The van der Waals surface area contributed by atoms with E-state index in [1.54, 1.807) is 12.1 Å². The summed E-state index contributed by atoms with van der Waals surface area (Å²) in [7, 11) is 0. The predicted octanol–water partition coefficient (Wildman–Crippen LogP) is 4.56. The molecule has 1 heterocycles. The molecule has 3 heteroatoms. The molecule has 1 aliphatic carbocycles. The molecule has 0 radical (unpaired) electrons. The Bertz CT molecular complexity index is 834. The van der Waals surface area contributed by atoms with Gasteiger partial charge in [-0.3, -0.25) is 4.79 Å². The number of carbonyl (C=O) groups is 1. The molecule has 2 nitrogen and oxygen atoms in total. The van der Waals surface area contributed by atoms with E-state index >= 15 is 0 Å². The highest BCUT2D eigenvalue weighted by Gasteiger charge is 2.31. The van der Waals surface area contributed by atoms with Crippen LogP contribution in [0.25, 0.3) is 5.70 Å². The van der Waals surface area contributed by atoms with Crippen LogP contribution in [0.3, 0.4) is 0 Å². The molecule has 24 heavy (non-hydrogen) atoms. The fourth-order valence-corrected chi connectivity index (χ4v) is 3.53. The fourth-order valence-electron chi connectivity index (χ4n) is 3.53. The van der Waals surface area contributed by atoms with Gasteiger partial charge in [-0.15, -0.1) is 0 Å². The van der Waals surface area contributed by atoms with Gasteiger partial charge in [0.05, 0.1) is 0 Å². The number of halogens is 1. The first kappa shape index (κ1) is 14.9. The van der Waals surface area contributed by atoms with Gasteiger partial charge in [-0.2, -0.15) is 0 Å². The van der Waals surface area contributed by atoms with Crippen LogP contribution in [-0.4, -0.2) is 5.78 Å². The molecule has 120 valence electrons. The topological polar surface area (TPSA) is 29.1 Å². The third-order valence-electron chi connectivity index (χ3n) is 4.70. The maximum atomic E-state index is 13.3. The largest absolute Gasteiger partial charge is 0.358 e. The lowest BCUT2D eigenvalue weighted by atomic mass is 9.79. The summed E-state index contributed by atoms with van der Waals surface area (Å²) in [4.78, 5) is 12.5. The van der Waals surface area contributed by atoms with Gasteiger partial charge in [-0.05, 0) is 42.2 Å². The lowest BCUT2D eigenvalue weighted by molar-refractivity contribution is -0.116. The molecule has 0 saturated carbocycles. The number of dihydropyridines is 1. The summed E-state index contributed by atoms with van der Waals surface area (Å²) in [6.45, 7) is 0. The van der Waals surface area contributed by atoms with Crippen LogP contribution in [0.1, 0.15) is 36.3 Å². The highest BCUT2D eigenvalue weighted by Crippen LogP contribution is 2.39. The van der Waals surface area contributed by atoms with Crippen molar-refractivity contribution in [1.82, 2.24) is 5.32 Å². The van der Waals surface area contributed by atoms with Crippen molar-refractivity contribution >= 4 is 11.5 Å². The number of rotatable bonds is 2. The van der Waals surface area contributed by atoms with Crippen LogP contribution in [-0.2, 0) is 4.79 Å². The van der Waals surface area contributed by atoms with Gasteiger partial charge in [0.2, 0.25) is 0 Å². The Kier molecular flexibility index (Phi) is 3.77. The molecule has 0 bridgehead atoms. The maximum absolute atomic E-state index is 13.3. The highest BCUT2D eigenvalue weighted by atomic mass is 19.1. The minimum absolute atomic E-state index is 0.121. The highest BCUT2D eigenvalue weighted by molar-refractivity contribution is 6.00. The van der Waals surface area contributed by atoms with E-state index in [0.29, 0.717) is 6.42 Å². The second kappa shape index (κ2) is 6.08. The van der Waals surface area contributed by atoms with Crippen molar-refractivity contribution in [1.29, 1.82) is 0 Å². The van der Waals surface area contributed by atoms with E-state index in [-0.39, 0.29) is 17.5 Å². The van der Waals surface area contributed by atoms with Crippen LogP contribution in [0.4, 0.5) is 4.39 Å². The van der Waals surface area contributed by atoms with Crippen LogP contribution in [0.5, 0.6) is 0 Å². The van der Waals surface area contributed by atoms with E-state index in [9.17, 15) is 9.18 Å². The molecule has 0 amide bonds. The van der Waals surface area contributed by atoms with Crippen LogP contribution in [0, 0.1) is 5.82 Å². The van der Waals surface area contributed by atoms with Crippen LogP contribution >= 0.6 is 0 Å². The quantitative estimate of drug-likeness (QED) is 0.879. The van der Waals surface area contributed by atoms with Crippen molar-refractivity contribution in [2.45, 2.75) is 25.2 Å². The van der Waals surface area contributed by atoms with Gasteiger partial charge < -0.3 is 5.32 Å². The lowest BCUT2D eigenvalue weighted by Gasteiger charge is -2.31. The van der Waals surface area contributed by atoms with Gasteiger partial charge in [0, 0.05) is 29.3 Å². The van der Waals surface area contributed by atoms with Crippen LogP contribution in [0.15, 0.2) is 71.9 Å². The summed E-state index contributed by atoms with van der Waals surface area (Å²) in [5, 5.41) is 3.46. The molecule has 1 unspecified atom stereocenters. The smallest absolute Gasteiger partial charge is 0.161 e. The number of ketones is 1. The number of nitrogens with one attached hydrogen (secondary N) is 1. The number of hydrogen-bond donors (Lipinski definition) is 1. The Labute approximate surface area is 140 Å². The maximum Gasteiger partial charge on any atom is 0.161 e. The number of benzene rings is 2. The minimum atomic E-state index is -0.260. The van der Waals surface area contributed by atoms with Crippen LogP contribution in [0.2, 0.25) is 0 Å². The summed E-state index contributed by atoms with van der Waals surface area (Å²) < 4.78 is 13.3. The van der Waals surface area contributed by atoms with E-state index in [1.807, 2.05) is 18.2 Å². The minimum Gasteiger partial charge on any atom is -0.358 e. The second-order valence-electron chi connectivity index (χ2n) is 6.27. The normalized spacial score (nSPS) is 20.3. The summed E-state index contributed by atoms with van der Waals surface area (Å²) >= 11 is 0. The first-order chi connectivity index (χ1) is 11.7. The van der Waals surface area contributed by atoms with Crippen molar-refractivity contribution < 1.29 is 9.18 Å². The Morgan fingerprint density at radius 2 is 1.71 bits per heavy atom. The zero-order valence-corrected chi connectivity index (χ0v) is 13.3. The van der Waals surface area contributed by atoms with Gasteiger partial charge in [-0.25, -0.2) is 4.39 Å². The van der Waals surface area contributed by atoms with Crippen molar-refractivity contribution in [2.75, 3.05) is 0 Å². The molecule has 4 rings (SSSR count). The molecule has 2 aliphatic rings. The van der Waals surface area contributed by atoms with E-state index in [0.717, 1.165) is 40.9 Å². The number of Topliss-reactive ketones (excluding diaryl/α,β-unsaturated/α-hetero) is 1. The summed E-state index contributed by atoms with van der Waals surface area (Å²) in [5.41, 5.74) is 4.91. The third kappa shape index (κ3) is 2.67. The van der Waals surface area contributed by atoms with Crippen molar-refractivity contribution in [2.24, 2.45) is 0 Å². The van der Waals surface area contributed by atoms with Crippen molar-refractivity contribution in [3.05, 3.63) is 88.9 Å². The van der Waals surface area contributed by atoms with Gasteiger partial charge in [-0.1, -0.05) is 42.5 Å². The van der Waals surface area contributed by atoms with E-state index < -0.39 is 0 Å². The molecule has 2 aromatic rings. The zero-order valence-electron chi connectivity index (χ0n) is 13.3. The summed E-state index contributed by atoms with van der Waals surface area (Å²) in [5.74, 6) is -0.185. The average Bonchev–Trinajstić information content (AvgIpc) is 2.62. The fraction of sp³-hybridized carbons (Fsp3) is 0.190. The number of hydrogen-bond acceptors (Lipinski definition) is 2. The van der Waals surface area contributed by atoms with E-state index in [4.69, 9.17) is 0 Å². The molecular weight excluding hydrogens is 301 g/mol.